The number of amides is 3. The summed E-state index contributed by atoms with van der Waals surface area (Å²) >= 11 is 0. The van der Waals surface area contributed by atoms with E-state index >= 15 is 8.78 Å². The summed E-state index contributed by atoms with van der Waals surface area (Å²) in [4.78, 5) is 69.0. The molecule has 286 valence electrons. The maximum Gasteiger partial charge on any atom is 0.407 e. The highest BCUT2D eigenvalue weighted by molar-refractivity contribution is 5.86. The lowest BCUT2D eigenvalue weighted by Crippen LogP contribution is -2.46. The number of benzene rings is 2. The largest absolute Gasteiger partial charge is 0.469 e. The molecule has 2 aliphatic heterocycles. The lowest BCUT2D eigenvalue weighted by molar-refractivity contribution is -0.148. The fourth-order valence-electron chi connectivity index (χ4n) is 7.37. The van der Waals surface area contributed by atoms with Crippen LogP contribution in [0.3, 0.4) is 0 Å². The van der Waals surface area contributed by atoms with Crippen molar-refractivity contribution < 1.29 is 37.4 Å². The van der Waals surface area contributed by atoms with Crippen molar-refractivity contribution in [3.8, 4) is 33.6 Å². The molecule has 4 atom stereocenters. The van der Waals surface area contributed by atoms with E-state index in [0.29, 0.717) is 60.1 Å². The number of nitrogens with zero attached hydrogens (tertiary/aromatic N) is 4. The Balaban J connectivity index is 1.15. The minimum absolute atomic E-state index is 0.00406. The Morgan fingerprint density at radius 2 is 1.30 bits per heavy atom. The van der Waals surface area contributed by atoms with Crippen LogP contribution >= 0.6 is 0 Å². The van der Waals surface area contributed by atoms with Gasteiger partial charge in [-0.05, 0) is 73.9 Å². The minimum atomic E-state index is -0.794. The number of alkyl carbamates (subject to hydrolysis) is 1. The molecule has 2 saturated heterocycles. The van der Waals surface area contributed by atoms with E-state index in [-0.39, 0.29) is 47.4 Å². The molecule has 3 N–H and O–H groups in total. The number of hydrogen-bond donors (Lipinski definition) is 3. The summed E-state index contributed by atoms with van der Waals surface area (Å²) in [6.45, 7) is 6.41. The Morgan fingerprint density at radius 3 is 1.74 bits per heavy atom. The molecule has 2 aromatic heterocycles. The Morgan fingerprint density at radius 1 is 0.796 bits per heavy atom. The summed E-state index contributed by atoms with van der Waals surface area (Å²) in [5, 5.41) is 2.49. The van der Waals surface area contributed by atoms with Gasteiger partial charge in [0.15, 0.2) is 0 Å². The highest BCUT2D eigenvalue weighted by atomic mass is 19.1. The summed E-state index contributed by atoms with van der Waals surface area (Å²) in [5.41, 5.74) is 2.35. The number of methoxy groups -OCH3 is 2. The zero-order chi connectivity index (χ0) is 38.7. The van der Waals surface area contributed by atoms with Crippen molar-refractivity contribution in [1.29, 1.82) is 0 Å². The van der Waals surface area contributed by atoms with Gasteiger partial charge in [0, 0.05) is 24.2 Å². The molecular formula is C39H45F2N7O6. The van der Waals surface area contributed by atoms with Crippen LogP contribution in [0.25, 0.3) is 33.6 Å². The molecule has 0 aliphatic carbocycles. The van der Waals surface area contributed by atoms with Gasteiger partial charge in [0.25, 0.3) is 0 Å². The zero-order valence-electron chi connectivity index (χ0n) is 30.9. The molecule has 0 radical (unpaired) electrons. The van der Waals surface area contributed by atoms with E-state index in [1.807, 2.05) is 13.8 Å². The standard InChI is InChI=1S/C39H45F2N7O6/c1-21(2)27(18-34(49)53-4)38(51)48-15-7-9-33(48)36-43-20-31(46-36)26-13-11-24(17-29(26)41)23-10-12-25(28(40)16-23)30-19-42-35(45-30)32-8-6-14-47(32)37(50)22(3)44-39(52)54-5/h10-13,16-17,19-22,27,32-33H,6-9,14-15,18H2,1-5H3,(H,42,45)(H,43,46)(H,44,52)/t22-,27-,32-,33-/m0/s1. The molecular weight excluding hydrogens is 700 g/mol. The lowest BCUT2D eigenvalue weighted by Gasteiger charge is -2.29. The van der Waals surface area contributed by atoms with Gasteiger partial charge in [0.05, 0.1) is 62.4 Å². The second kappa shape index (κ2) is 16.2. The summed E-state index contributed by atoms with van der Waals surface area (Å²) in [5.74, 6) is -1.46. The van der Waals surface area contributed by atoms with Gasteiger partial charge >= 0.3 is 12.1 Å². The van der Waals surface area contributed by atoms with E-state index in [1.54, 1.807) is 41.0 Å². The first-order chi connectivity index (χ1) is 25.9. The monoisotopic (exact) mass is 745 g/mol. The van der Waals surface area contributed by atoms with Crippen molar-refractivity contribution in [2.24, 2.45) is 11.8 Å². The number of esters is 1. The predicted molar refractivity (Wildman–Crippen MR) is 194 cm³/mol. The molecule has 2 aliphatic rings. The molecule has 2 fully saturated rings. The normalized spacial score (nSPS) is 18.1. The number of carbonyl (C=O) groups excluding carboxylic acids is 4. The van der Waals surface area contributed by atoms with Gasteiger partial charge in [-0.1, -0.05) is 26.0 Å². The van der Waals surface area contributed by atoms with Gasteiger partial charge < -0.3 is 34.6 Å². The molecule has 54 heavy (non-hydrogen) atoms. The number of carbonyl (C=O) groups is 4. The van der Waals surface area contributed by atoms with Crippen molar-refractivity contribution in [3.63, 3.8) is 0 Å². The molecule has 0 unspecified atom stereocenters. The molecule has 0 spiro atoms. The zero-order valence-corrected chi connectivity index (χ0v) is 30.9. The van der Waals surface area contributed by atoms with Crippen LogP contribution in [0.4, 0.5) is 13.6 Å². The number of likely N-dealkylation sites (tertiary alicyclic amines) is 2. The maximum absolute atomic E-state index is 15.7. The van der Waals surface area contributed by atoms with Gasteiger partial charge in [0.2, 0.25) is 11.8 Å². The first kappa shape index (κ1) is 38.1. The van der Waals surface area contributed by atoms with Gasteiger partial charge in [-0.15, -0.1) is 0 Å². The fourth-order valence-corrected chi connectivity index (χ4v) is 7.37. The number of halogens is 2. The number of imidazole rings is 2. The van der Waals surface area contributed by atoms with Crippen LogP contribution in [0.5, 0.6) is 0 Å². The van der Waals surface area contributed by atoms with E-state index in [9.17, 15) is 19.2 Å². The SMILES string of the molecule is COC(=O)C[C@H](C(=O)N1CCC[C@H]1c1ncc(-c2ccc(-c3ccc(-c4cnc([C@@H]5CCCN5C(=O)[C@H](C)NC(=O)OC)[nH]4)c(F)c3)cc2F)[nH]1)C(C)C. The van der Waals surface area contributed by atoms with Crippen LogP contribution < -0.4 is 5.32 Å². The number of rotatable bonds is 11. The summed E-state index contributed by atoms with van der Waals surface area (Å²) in [6.07, 6.45) is 5.20. The van der Waals surface area contributed by atoms with Crippen LogP contribution in [-0.2, 0) is 23.9 Å². The molecule has 0 bridgehead atoms. The first-order valence-corrected chi connectivity index (χ1v) is 18.1. The average Bonchev–Trinajstić information content (AvgIpc) is 3.99. The van der Waals surface area contributed by atoms with E-state index in [1.165, 1.54) is 38.7 Å². The Labute approximate surface area is 311 Å². The lowest BCUT2D eigenvalue weighted by atomic mass is 9.91. The molecule has 3 amide bonds. The Bertz CT molecular complexity index is 2030. The maximum atomic E-state index is 15.7. The third kappa shape index (κ3) is 7.85. The van der Waals surface area contributed by atoms with Gasteiger partial charge in [-0.25, -0.2) is 23.5 Å². The molecule has 6 rings (SSSR count). The van der Waals surface area contributed by atoms with E-state index in [4.69, 9.17) is 4.74 Å². The van der Waals surface area contributed by atoms with Crippen LogP contribution in [0.15, 0.2) is 48.8 Å². The number of ether oxygens (including phenoxy) is 2. The second-order valence-electron chi connectivity index (χ2n) is 14.1. The third-order valence-electron chi connectivity index (χ3n) is 10.4. The smallest absolute Gasteiger partial charge is 0.407 e. The molecule has 4 aromatic rings. The number of aromatic nitrogens is 4. The van der Waals surface area contributed by atoms with Gasteiger partial charge in [-0.3, -0.25) is 14.4 Å². The summed E-state index contributed by atoms with van der Waals surface area (Å²) in [7, 11) is 2.53. The third-order valence-corrected chi connectivity index (χ3v) is 10.4. The number of H-pyrrole nitrogens is 2. The van der Waals surface area contributed by atoms with E-state index in [0.717, 1.165) is 12.8 Å². The van der Waals surface area contributed by atoms with Crippen molar-refractivity contribution in [2.75, 3.05) is 27.3 Å². The molecule has 2 aromatic carbocycles. The molecule has 15 heteroatoms. The van der Waals surface area contributed by atoms with Crippen molar-refractivity contribution >= 4 is 23.9 Å². The van der Waals surface area contributed by atoms with Crippen molar-refractivity contribution in [2.45, 2.75) is 71.0 Å². The molecule has 4 heterocycles. The summed E-state index contributed by atoms with van der Waals surface area (Å²) < 4.78 is 40.7. The summed E-state index contributed by atoms with van der Waals surface area (Å²) in [6, 6.07) is 7.78. The second-order valence-corrected chi connectivity index (χ2v) is 14.1. The quantitative estimate of drug-likeness (QED) is 0.150. The van der Waals surface area contributed by atoms with Crippen LogP contribution in [0.2, 0.25) is 0 Å². The molecule has 13 nitrogen and oxygen atoms in total. The van der Waals surface area contributed by atoms with E-state index < -0.39 is 35.7 Å². The number of aromatic amines is 2. The Hall–Kier alpha value is -5.60. The fraction of sp³-hybridized carbons (Fsp3) is 0.436. The number of nitrogens with one attached hydrogen (secondary N) is 3. The average molecular weight is 746 g/mol. The first-order valence-electron chi connectivity index (χ1n) is 18.1. The Kier molecular flexibility index (Phi) is 11.4. The highest BCUT2D eigenvalue weighted by Gasteiger charge is 2.38. The van der Waals surface area contributed by atoms with Gasteiger partial charge in [-0.2, -0.15) is 0 Å². The highest BCUT2D eigenvalue weighted by Crippen LogP contribution is 2.37. The topological polar surface area (TPSA) is 163 Å². The number of hydrogen-bond acceptors (Lipinski definition) is 8. The van der Waals surface area contributed by atoms with Crippen LogP contribution in [0.1, 0.15) is 76.6 Å². The van der Waals surface area contributed by atoms with E-state index in [2.05, 4.69) is 30.0 Å². The van der Waals surface area contributed by atoms with Crippen LogP contribution in [-0.4, -0.2) is 87.0 Å². The predicted octanol–water partition coefficient (Wildman–Crippen LogP) is 6.32. The molecule has 0 saturated carbocycles. The minimum Gasteiger partial charge on any atom is -0.469 e. The van der Waals surface area contributed by atoms with Gasteiger partial charge in [0.1, 0.15) is 29.3 Å². The van der Waals surface area contributed by atoms with Crippen LogP contribution in [0, 0.1) is 23.5 Å². The van der Waals surface area contributed by atoms with Crippen molar-refractivity contribution in [3.05, 3.63) is 72.1 Å². The van der Waals surface area contributed by atoms with Crippen molar-refractivity contribution in [1.82, 2.24) is 35.1 Å².